The van der Waals surface area contributed by atoms with Gasteiger partial charge in [-0.3, -0.25) is 9.59 Å². The Bertz CT molecular complexity index is 603. The fourth-order valence-electron chi connectivity index (χ4n) is 2.82. The summed E-state index contributed by atoms with van der Waals surface area (Å²) in [6.07, 6.45) is 0. The number of carboxylic acid groups (broad SMARTS) is 1. The number of nitrogens with zero attached hydrogens (tertiary/aromatic N) is 1. The van der Waals surface area contributed by atoms with E-state index in [9.17, 15) is 18.4 Å². The molecular formula is C15H17F2NO4. The molecule has 1 N–H and O–H groups in total. The Morgan fingerprint density at radius 3 is 2.36 bits per heavy atom. The molecule has 1 aliphatic rings. The van der Waals surface area contributed by atoms with Crippen LogP contribution < -0.4 is 9.64 Å². The van der Waals surface area contributed by atoms with Gasteiger partial charge in [0, 0.05) is 7.05 Å². The number of ether oxygens (including phenoxy) is 1. The lowest BCUT2D eigenvalue weighted by Crippen LogP contribution is -2.30. The first kappa shape index (κ1) is 16.2. The van der Waals surface area contributed by atoms with Crippen molar-refractivity contribution in [3.05, 3.63) is 24.3 Å². The predicted molar refractivity (Wildman–Crippen MR) is 74.9 cm³/mol. The average molecular weight is 313 g/mol. The number of alkyl halides is 2. The second kappa shape index (κ2) is 5.55. The van der Waals surface area contributed by atoms with E-state index in [1.54, 1.807) is 19.9 Å². The minimum absolute atomic E-state index is 0.126. The lowest BCUT2D eigenvalue weighted by atomic mass is 10.1. The van der Waals surface area contributed by atoms with Crippen LogP contribution in [-0.4, -0.2) is 30.6 Å². The summed E-state index contributed by atoms with van der Waals surface area (Å²) in [4.78, 5) is 24.8. The summed E-state index contributed by atoms with van der Waals surface area (Å²) in [7, 11) is 1.42. The Morgan fingerprint density at radius 2 is 1.86 bits per heavy atom. The van der Waals surface area contributed by atoms with Crippen molar-refractivity contribution >= 4 is 17.6 Å². The molecule has 120 valence electrons. The highest BCUT2D eigenvalue weighted by Crippen LogP contribution is 2.59. The van der Waals surface area contributed by atoms with Crippen LogP contribution in [-0.2, 0) is 9.59 Å². The van der Waals surface area contributed by atoms with E-state index in [1.165, 1.54) is 30.1 Å². The van der Waals surface area contributed by atoms with Crippen LogP contribution >= 0.6 is 0 Å². The van der Waals surface area contributed by atoms with Crippen molar-refractivity contribution in [3.8, 4) is 5.75 Å². The number of carbonyl (C=O) groups is 2. The zero-order valence-corrected chi connectivity index (χ0v) is 12.4. The second-order valence-corrected chi connectivity index (χ2v) is 5.86. The standard InChI is InChI=1S/C15H17F2NO4/c1-15(2)10(11(15)13(20)21)12(19)18(3)8-6-4-5-7-9(8)22-14(16)17/h4-7,10-11,14H,1-3H3,(H,20,21)/t10-,11-/m0/s1. The SMILES string of the molecule is CN(C(=O)[C@@H]1[C@@H](C(=O)O)C1(C)C)c1ccccc1OC(F)F. The summed E-state index contributed by atoms with van der Waals surface area (Å²) in [5.41, 5.74) is -0.477. The van der Waals surface area contributed by atoms with Gasteiger partial charge in [0.2, 0.25) is 5.91 Å². The zero-order chi connectivity index (χ0) is 16.7. The van der Waals surface area contributed by atoms with Crippen LogP contribution in [0.4, 0.5) is 14.5 Å². The summed E-state index contributed by atoms with van der Waals surface area (Å²) in [5.74, 6) is -3.05. The van der Waals surface area contributed by atoms with Gasteiger partial charge in [0.1, 0.15) is 5.75 Å². The number of carbonyl (C=O) groups excluding carboxylic acids is 1. The van der Waals surface area contributed by atoms with Crippen LogP contribution in [0.15, 0.2) is 24.3 Å². The van der Waals surface area contributed by atoms with E-state index in [0.717, 1.165) is 0 Å². The number of benzene rings is 1. The number of para-hydroxylation sites is 2. The minimum Gasteiger partial charge on any atom is -0.481 e. The Balaban J connectivity index is 2.24. The van der Waals surface area contributed by atoms with Gasteiger partial charge in [0.05, 0.1) is 17.5 Å². The quantitative estimate of drug-likeness (QED) is 0.907. The summed E-state index contributed by atoms with van der Waals surface area (Å²) in [6, 6.07) is 5.91. The summed E-state index contributed by atoms with van der Waals surface area (Å²) >= 11 is 0. The smallest absolute Gasteiger partial charge is 0.387 e. The van der Waals surface area contributed by atoms with Gasteiger partial charge in [-0.1, -0.05) is 26.0 Å². The number of rotatable bonds is 5. The van der Waals surface area contributed by atoms with Gasteiger partial charge in [0.15, 0.2) is 0 Å². The van der Waals surface area contributed by atoms with Gasteiger partial charge in [-0.05, 0) is 17.5 Å². The molecule has 1 fully saturated rings. The average Bonchev–Trinajstić information content (AvgIpc) is 3.00. The summed E-state index contributed by atoms with van der Waals surface area (Å²) in [5, 5.41) is 9.14. The van der Waals surface area contributed by atoms with Crippen molar-refractivity contribution in [2.45, 2.75) is 20.5 Å². The molecule has 5 nitrogen and oxygen atoms in total. The molecule has 1 amide bonds. The number of carboxylic acids is 1. The molecule has 0 aromatic heterocycles. The Kier molecular flexibility index (Phi) is 4.08. The number of halogens is 2. The van der Waals surface area contributed by atoms with E-state index in [-0.39, 0.29) is 11.4 Å². The molecule has 22 heavy (non-hydrogen) atoms. The topological polar surface area (TPSA) is 66.8 Å². The number of hydrogen-bond donors (Lipinski definition) is 1. The third kappa shape index (κ3) is 2.75. The van der Waals surface area contributed by atoms with Gasteiger partial charge in [-0.2, -0.15) is 8.78 Å². The molecule has 1 saturated carbocycles. The fourth-order valence-corrected chi connectivity index (χ4v) is 2.82. The zero-order valence-electron chi connectivity index (χ0n) is 12.4. The molecule has 0 aliphatic heterocycles. The van der Waals surface area contributed by atoms with Gasteiger partial charge in [-0.25, -0.2) is 0 Å². The lowest BCUT2D eigenvalue weighted by molar-refractivity contribution is -0.140. The van der Waals surface area contributed by atoms with Crippen molar-refractivity contribution < 1.29 is 28.2 Å². The first-order valence-corrected chi connectivity index (χ1v) is 6.72. The highest BCUT2D eigenvalue weighted by molar-refractivity contribution is 6.01. The van der Waals surface area contributed by atoms with Crippen molar-refractivity contribution in [2.75, 3.05) is 11.9 Å². The molecule has 2 rings (SSSR count). The predicted octanol–water partition coefficient (Wildman–Crippen LogP) is 2.61. The minimum atomic E-state index is -3.01. The van der Waals surface area contributed by atoms with Crippen molar-refractivity contribution in [1.29, 1.82) is 0 Å². The molecule has 0 heterocycles. The van der Waals surface area contributed by atoms with E-state index < -0.39 is 35.7 Å². The number of aliphatic carboxylic acids is 1. The van der Waals surface area contributed by atoms with Crippen LogP contribution in [0.5, 0.6) is 5.75 Å². The molecule has 1 aromatic carbocycles. The van der Waals surface area contributed by atoms with Gasteiger partial charge < -0.3 is 14.7 Å². The number of hydrogen-bond acceptors (Lipinski definition) is 3. The summed E-state index contributed by atoms with van der Waals surface area (Å²) < 4.78 is 29.2. The number of amides is 1. The van der Waals surface area contributed by atoms with Gasteiger partial charge in [0.25, 0.3) is 0 Å². The fraction of sp³-hybridized carbons (Fsp3) is 0.467. The van der Waals surface area contributed by atoms with Crippen LogP contribution in [0.2, 0.25) is 0 Å². The van der Waals surface area contributed by atoms with Crippen molar-refractivity contribution in [2.24, 2.45) is 17.3 Å². The van der Waals surface area contributed by atoms with Crippen LogP contribution in [0.25, 0.3) is 0 Å². The maximum Gasteiger partial charge on any atom is 0.387 e. The molecule has 2 atom stereocenters. The van der Waals surface area contributed by atoms with E-state index in [0.29, 0.717) is 0 Å². The summed E-state index contributed by atoms with van der Waals surface area (Å²) in [6.45, 7) is 0.391. The molecule has 0 bridgehead atoms. The first-order chi connectivity index (χ1) is 10.2. The van der Waals surface area contributed by atoms with Crippen LogP contribution in [0.3, 0.4) is 0 Å². The van der Waals surface area contributed by atoms with E-state index in [4.69, 9.17) is 5.11 Å². The number of anilines is 1. The maximum atomic E-state index is 12.5. The van der Waals surface area contributed by atoms with Gasteiger partial charge >= 0.3 is 12.6 Å². The van der Waals surface area contributed by atoms with E-state index >= 15 is 0 Å². The normalized spacial score (nSPS) is 22.3. The molecular weight excluding hydrogens is 296 g/mol. The molecule has 0 radical (unpaired) electrons. The molecule has 1 aromatic rings. The molecule has 0 unspecified atom stereocenters. The first-order valence-electron chi connectivity index (χ1n) is 6.72. The second-order valence-electron chi connectivity index (χ2n) is 5.86. The monoisotopic (exact) mass is 313 g/mol. The Hall–Kier alpha value is -2.18. The molecule has 7 heteroatoms. The third-order valence-electron chi connectivity index (χ3n) is 4.13. The highest BCUT2D eigenvalue weighted by atomic mass is 19.3. The van der Waals surface area contributed by atoms with Crippen molar-refractivity contribution in [1.82, 2.24) is 0 Å². The molecule has 0 saturated heterocycles. The Labute approximate surface area is 126 Å². The van der Waals surface area contributed by atoms with Crippen LogP contribution in [0, 0.1) is 17.3 Å². The van der Waals surface area contributed by atoms with Gasteiger partial charge in [-0.15, -0.1) is 0 Å². The third-order valence-corrected chi connectivity index (χ3v) is 4.13. The van der Waals surface area contributed by atoms with E-state index in [2.05, 4.69) is 4.74 Å². The molecule has 0 spiro atoms. The Morgan fingerprint density at radius 1 is 1.27 bits per heavy atom. The highest BCUT2D eigenvalue weighted by Gasteiger charge is 2.66. The largest absolute Gasteiger partial charge is 0.481 e. The maximum absolute atomic E-state index is 12.5. The van der Waals surface area contributed by atoms with E-state index in [1.807, 2.05) is 0 Å². The van der Waals surface area contributed by atoms with Crippen LogP contribution in [0.1, 0.15) is 13.8 Å². The lowest BCUT2D eigenvalue weighted by Gasteiger charge is -2.21. The van der Waals surface area contributed by atoms with Crippen molar-refractivity contribution in [3.63, 3.8) is 0 Å². The molecule has 1 aliphatic carbocycles.